The van der Waals surface area contributed by atoms with E-state index >= 15 is 0 Å². The molecule has 0 fully saturated rings. The molecule has 0 bridgehead atoms. The van der Waals surface area contributed by atoms with E-state index < -0.39 is 0 Å². The monoisotopic (exact) mass is 571 g/mol. The van der Waals surface area contributed by atoms with Crippen LogP contribution in [0, 0.1) is 0 Å². The van der Waals surface area contributed by atoms with E-state index in [0.29, 0.717) is 0 Å². The smallest absolute Gasteiger partial charge is 0.255 e. The van der Waals surface area contributed by atoms with Gasteiger partial charge in [0.15, 0.2) is 0 Å². The van der Waals surface area contributed by atoms with Crippen molar-refractivity contribution in [3.8, 4) is 34.2 Å². The van der Waals surface area contributed by atoms with Gasteiger partial charge in [0.05, 0.1) is 34.2 Å². The van der Waals surface area contributed by atoms with Crippen LogP contribution in [0.5, 0.6) is 0 Å². The molecule has 6 heterocycles. The predicted octanol–water partition coefficient (Wildman–Crippen LogP) is 6.43. The van der Waals surface area contributed by atoms with Crippen LogP contribution < -0.4 is 0 Å². The molecule has 0 aromatic carbocycles. The van der Waals surface area contributed by atoms with Gasteiger partial charge in [-0.2, -0.15) is 0 Å². The zero-order valence-corrected chi connectivity index (χ0v) is 21.5. The van der Waals surface area contributed by atoms with Gasteiger partial charge in [0.1, 0.15) is 0 Å². The summed E-state index contributed by atoms with van der Waals surface area (Å²) in [5.74, 6) is 0. The Kier molecular flexibility index (Phi) is 11.4. The Morgan fingerprint density at radius 2 is 0.405 bits per heavy atom. The van der Waals surface area contributed by atoms with Gasteiger partial charge in [-0.3, -0.25) is 29.9 Å². The van der Waals surface area contributed by atoms with Gasteiger partial charge in [-0.05, 0) is 72.8 Å². The molecule has 6 aromatic heterocycles. The van der Waals surface area contributed by atoms with Gasteiger partial charge in [0.25, 0.3) is 0 Å². The molecule has 37 heavy (non-hydrogen) atoms. The number of rotatable bonds is 3. The van der Waals surface area contributed by atoms with Crippen molar-refractivity contribution in [1.29, 1.82) is 0 Å². The minimum Gasteiger partial charge on any atom is -0.255 e. The van der Waals surface area contributed by atoms with Crippen LogP contribution in [0.25, 0.3) is 34.2 Å². The van der Waals surface area contributed by atoms with Gasteiger partial charge in [-0.1, -0.05) is 36.4 Å². The molecular formula is C30H24N6Rh+3. The zero-order chi connectivity index (χ0) is 24.7. The van der Waals surface area contributed by atoms with E-state index in [0.717, 1.165) is 34.2 Å². The van der Waals surface area contributed by atoms with Crippen molar-refractivity contribution in [2.45, 2.75) is 0 Å². The van der Waals surface area contributed by atoms with Crippen LogP contribution in [-0.2, 0) is 19.5 Å². The Bertz CT molecular complexity index is 1100. The van der Waals surface area contributed by atoms with E-state index in [-0.39, 0.29) is 19.5 Å². The zero-order valence-electron chi connectivity index (χ0n) is 19.9. The maximum Gasteiger partial charge on any atom is 3.00 e. The Morgan fingerprint density at radius 1 is 0.243 bits per heavy atom. The molecule has 0 aliphatic carbocycles. The summed E-state index contributed by atoms with van der Waals surface area (Å²) < 4.78 is 0. The first-order valence-electron chi connectivity index (χ1n) is 11.4. The fourth-order valence-electron chi connectivity index (χ4n) is 3.09. The van der Waals surface area contributed by atoms with Gasteiger partial charge in [-0.15, -0.1) is 0 Å². The van der Waals surface area contributed by atoms with Crippen LogP contribution in [0.3, 0.4) is 0 Å². The van der Waals surface area contributed by atoms with Gasteiger partial charge < -0.3 is 0 Å². The Labute approximate surface area is 229 Å². The molecule has 180 valence electrons. The molecule has 0 spiro atoms. The van der Waals surface area contributed by atoms with Crippen LogP contribution in [0.1, 0.15) is 0 Å². The molecular weight excluding hydrogens is 547 g/mol. The molecule has 0 atom stereocenters. The van der Waals surface area contributed by atoms with E-state index in [4.69, 9.17) is 0 Å². The number of hydrogen-bond donors (Lipinski definition) is 0. The molecule has 6 rings (SSSR count). The first kappa shape index (κ1) is 27.1. The van der Waals surface area contributed by atoms with E-state index in [1.54, 1.807) is 37.2 Å². The van der Waals surface area contributed by atoms with E-state index in [9.17, 15) is 0 Å². The van der Waals surface area contributed by atoms with Crippen LogP contribution >= 0.6 is 0 Å². The maximum atomic E-state index is 4.19. The number of nitrogens with zero attached hydrogens (tertiary/aromatic N) is 6. The molecule has 0 saturated carbocycles. The summed E-state index contributed by atoms with van der Waals surface area (Å²) in [6.45, 7) is 0. The summed E-state index contributed by atoms with van der Waals surface area (Å²) in [4.78, 5) is 25.1. The molecule has 7 heteroatoms. The van der Waals surface area contributed by atoms with Crippen LogP contribution in [-0.4, -0.2) is 29.9 Å². The average molecular weight is 571 g/mol. The van der Waals surface area contributed by atoms with Crippen molar-refractivity contribution in [2.24, 2.45) is 0 Å². The first-order chi connectivity index (χ1) is 17.9. The minimum atomic E-state index is 0. The third kappa shape index (κ3) is 8.91. The van der Waals surface area contributed by atoms with E-state index in [2.05, 4.69) is 29.9 Å². The summed E-state index contributed by atoms with van der Waals surface area (Å²) in [6, 6.07) is 34.8. The molecule has 6 aromatic rings. The predicted molar refractivity (Wildman–Crippen MR) is 142 cm³/mol. The molecule has 0 aliphatic heterocycles. The van der Waals surface area contributed by atoms with E-state index in [1.165, 1.54) is 0 Å². The largest absolute Gasteiger partial charge is 3.00 e. The fourth-order valence-corrected chi connectivity index (χ4v) is 3.09. The molecule has 6 nitrogen and oxygen atoms in total. The van der Waals surface area contributed by atoms with Crippen molar-refractivity contribution in [2.75, 3.05) is 0 Å². The topological polar surface area (TPSA) is 77.3 Å². The van der Waals surface area contributed by atoms with Crippen molar-refractivity contribution in [3.05, 3.63) is 146 Å². The summed E-state index contributed by atoms with van der Waals surface area (Å²) in [6.07, 6.45) is 10.6. The molecule has 0 unspecified atom stereocenters. The second-order valence-corrected chi connectivity index (χ2v) is 7.29. The number of hydrogen-bond acceptors (Lipinski definition) is 6. The fraction of sp³-hybridized carbons (Fsp3) is 0. The molecule has 0 N–H and O–H groups in total. The van der Waals surface area contributed by atoms with Crippen LogP contribution in [0.4, 0.5) is 0 Å². The van der Waals surface area contributed by atoms with Crippen LogP contribution in [0.15, 0.2) is 146 Å². The normalized spacial score (nSPS) is 9.41. The second kappa shape index (κ2) is 15.5. The summed E-state index contributed by atoms with van der Waals surface area (Å²) in [7, 11) is 0. The number of pyridine rings is 6. The first-order valence-corrected chi connectivity index (χ1v) is 11.4. The Hall–Kier alpha value is -4.48. The summed E-state index contributed by atoms with van der Waals surface area (Å²) in [5, 5.41) is 0. The SMILES string of the molecule is [Rh+3].c1ccc(-c2ccccn2)nc1.c1ccc(-c2ccccn2)nc1.c1ccc(-c2ccccn2)nc1. The van der Waals surface area contributed by atoms with Gasteiger partial charge in [0.2, 0.25) is 0 Å². The maximum absolute atomic E-state index is 4.19. The van der Waals surface area contributed by atoms with Gasteiger partial charge in [-0.25, -0.2) is 0 Å². The van der Waals surface area contributed by atoms with E-state index in [1.807, 2.05) is 109 Å². The molecule has 0 saturated heterocycles. The number of aromatic nitrogens is 6. The van der Waals surface area contributed by atoms with Gasteiger partial charge >= 0.3 is 19.5 Å². The second-order valence-electron chi connectivity index (χ2n) is 7.29. The quantitative estimate of drug-likeness (QED) is 0.228. The molecule has 0 radical (unpaired) electrons. The average Bonchev–Trinajstić information content (AvgIpc) is 3.01. The third-order valence-corrected chi connectivity index (χ3v) is 4.78. The third-order valence-electron chi connectivity index (χ3n) is 4.78. The van der Waals surface area contributed by atoms with Gasteiger partial charge in [0, 0.05) is 37.2 Å². The van der Waals surface area contributed by atoms with Crippen LogP contribution in [0.2, 0.25) is 0 Å². The minimum absolute atomic E-state index is 0. The molecule has 0 amide bonds. The summed E-state index contributed by atoms with van der Waals surface area (Å²) >= 11 is 0. The standard InChI is InChI=1S/3C10H8N2.Rh/c3*1-3-7-11-9(5-1)10-6-2-4-8-12-10;/h3*1-8H;/q;;;+3. The molecule has 0 aliphatic rings. The Morgan fingerprint density at radius 3 is 0.514 bits per heavy atom. The van der Waals surface area contributed by atoms with Crippen molar-refractivity contribution < 1.29 is 19.5 Å². The van der Waals surface area contributed by atoms with Crippen molar-refractivity contribution in [1.82, 2.24) is 29.9 Å². The Balaban J connectivity index is 0.000000152. The van der Waals surface area contributed by atoms with Crippen molar-refractivity contribution >= 4 is 0 Å². The summed E-state index contributed by atoms with van der Waals surface area (Å²) in [5.41, 5.74) is 5.49. The van der Waals surface area contributed by atoms with Crippen molar-refractivity contribution in [3.63, 3.8) is 0 Å².